The summed E-state index contributed by atoms with van der Waals surface area (Å²) in [7, 11) is 0. The molecule has 24 heavy (non-hydrogen) atoms. The van der Waals surface area contributed by atoms with E-state index in [0.717, 1.165) is 13.0 Å². The number of ether oxygens (including phenoxy) is 1. The van der Waals surface area contributed by atoms with Crippen molar-refractivity contribution in [3.05, 3.63) is 84.2 Å². The lowest BCUT2D eigenvalue weighted by Crippen LogP contribution is -2.12. The number of hydrogen-bond acceptors (Lipinski definition) is 2. The minimum atomic E-state index is -0.250. The Bertz CT molecular complexity index is 736. The van der Waals surface area contributed by atoms with Crippen LogP contribution < -0.4 is 4.74 Å². The van der Waals surface area contributed by atoms with Crippen molar-refractivity contribution >= 4 is 0 Å². The third-order valence-electron chi connectivity index (χ3n) is 4.09. The predicted octanol–water partition coefficient (Wildman–Crippen LogP) is 4.58. The van der Waals surface area contributed by atoms with E-state index in [9.17, 15) is 4.39 Å². The van der Waals surface area contributed by atoms with Gasteiger partial charge < -0.3 is 9.30 Å². The summed E-state index contributed by atoms with van der Waals surface area (Å²) >= 11 is 0. The van der Waals surface area contributed by atoms with E-state index in [1.165, 1.54) is 23.3 Å². The third kappa shape index (κ3) is 4.44. The number of aryl methyl sites for hydroxylation is 1. The van der Waals surface area contributed by atoms with Crippen LogP contribution in [0.1, 0.15) is 23.5 Å². The third-order valence-corrected chi connectivity index (χ3v) is 4.09. The lowest BCUT2D eigenvalue weighted by molar-refractivity contribution is 0.290. The molecule has 2 aromatic carbocycles. The summed E-state index contributed by atoms with van der Waals surface area (Å²) in [6.07, 6.45) is 6.48. The number of benzene rings is 2. The maximum absolute atomic E-state index is 12.9. The number of aromatic nitrogens is 2. The van der Waals surface area contributed by atoms with Gasteiger partial charge in [0, 0.05) is 24.9 Å². The highest BCUT2D eigenvalue weighted by Gasteiger charge is 2.13. The number of hydrogen-bond donors (Lipinski definition) is 0. The number of imidazole rings is 1. The molecule has 0 aliphatic rings. The Kier molecular flexibility index (Phi) is 5.26. The fraction of sp³-hybridized carbons (Fsp3) is 0.250. The van der Waals surface area contributed by atoms with Gasteiger partial charge in [-0.2, -0.15) is 0 Å². The van der Waals surface area contributed by atoms with Crippen LogP contribution in [0.5, 0.6) is 5.75 Å². The van der Waals surface area contributed by atoms with E-state index in [1.54, 1.807) is 18.3 Å². The normalized spacial score (nSPS) is 12.1. The molecular weight excluding hydrogens is 303 g/mol. The lowest BCUT2D eigenvalue weighted by atomic mass is 9.95. The molecule has 1 unspecified atom stereocenters. The van der Waals surface area contributed by atoms with Gasteiger partial charge in [0.25, 0.3) is 0 Å². The van der Waals surface area contributed by atoms with Gasteiger partial charge in [-0.15, -0.1) is 0 Å². The molecule has 124 valence electrons. The van der Waals surface area contributed by atoms with Crippen molar-refractivity contribution < 1.29 is 9.13 Å². The van der Waals surface area contributed by atoms with Gasteiger partial charge in [0.15, 0.2) is 0 Å². The molecule has 0 amide bonds. The van der Waals surface area contributed by atoms with Crippen molar-refractivity contribution in [3.63, 3.8) is 0 Å². The van der Waals surface area contributed by atoms with Gasteiger partial charge in [-0.25, -0.2) is 9.37 Å². The first-order valence-corrected chi connectivity index (χ1v) is 8.11. The van der Waals surface area contributed by atoms with Gasteiger partial charge in [-0.05, 0) is 43.2 Å². The summed E-state index contributed by atoms with van der Waals surface area (Å²) in [5.41, 5.74) is 2.54. The van der Waals surface area contributed by atoms with Crippen LogP contribution in [0, 0.1) is 12.7 Å². The Morgan fingerprint density at radius 3 is 2.50 bits per heavy atom. The molecule has 0 spiro atoms. The number of nitrogens with zero attached hydrogens (tertiary/aromatic N) is 2. The first kappa shape index (κ1) is 16.2. The van der Waals surface area contributed by atoms with Gasteiger partial charge in [0.05, 0.1) is 12.9 Å². The topological polar surface area (TPSA) is 27.1 Å². The van der Waals surface area contributed by atoms with E-state index in [1.807, 2.05) is 12.5 Å². The average molecular weight is 324 g/mol. The molecule has 3 rings (SSSR count). The highest BCUT2D eigenvalue weighted by Crippen LogP contribution is 2.23. The second kappa shape index (κ2) is 7.77. The minimum Gasteiger partial charge on any atom is -0.494 e. The maximum Gasteiger partial charge on any atom is 0.123 e. The summed E-state index contributed by atoms with van der Waals surface area (Å²) < 4.78 is 20.8. The van der Waals surface area contributed by atoms with E-state index in [2.05, 4.69) is 40.7 Å². The van der Waals surface area contributed by atoms with Crippen molar-refractivity contribution in [1.82, 2.24) is 9.55 Å². The van der Waals surface area contributed by atoms with Gasteiger partial charge in [0.2, 0.25) is 0 Å². The van der Waals surface area contributed by atoms with Crippen LogP contribution in [-0.2, 0) is 6.54 Å². The molecule has 0 saturated heterocycles. The first-order chi connectivity index (χ1) is 11.7. The standard InChI is InChI=1S/C20H21FN2O/c1-16-2-4-17(5-3-16)18(14-23-12-11-22-15-23)10-13-24-20-8-6-19(21)7-9-20/h2-9,11-12,15,18H,10,13-14H2,1H3. The van der Waals surface area contributed by atoms with Crippen LogP contribution in [0.4, 0.5) is 4.39 Å². The number of rotatable bonds is 7. The van der Waals surface area contributed by atoms with Crippen LogP contribution in [-0.4, -0.2) is 16.2 Å². The monoisotopic (exact) mass is 324 g/mol. The van der Waals surface area contributed by atoms with E-state index in [0.29, 0.717) is 18.3 Å². The molecule has 0 saturated carbocycles. The van der Waals surface area contributed by atoms with Gasteiger partial charge in [0.1, 0.15) is 11.6 Å². The second-order valence-corrected chi connectivity index (χ2v) is 5.96. The van der Waals surface area contributed by atoms with E-state index >= 15 is 0 Å². The quantitative estimate of drug-likeness (QED) is 0.636. The smallest absolute Gasteiger partial charge is 0.123 e. The Balaban J connectivity index is 1.65. The highest BCUT2D eigenvalue weighted by atomic mass is 19.1. The molecular formula is C20H21FN2O. The summed E-state index contributed by atoms with van der Waals surface area (Å²) in [6, 6.07) is 14.8. The van der Waals surface area contributed by atoms with Crippen molar-refractivity contribution in [2.45, 2.75) is 25.8 Å². The molecule has 0 bridgehead atoms. The zero-order valence-electron chi connectivity index (χ0n) is 13.7. The molecule has 3 aromatic rings. The van der Waals surface area contributed by atoms with Gasteiger partial charge >= 0.3 is 0 Å². The molecule has 0 fully saturated rings. The Hall–Kier alpha value is -2.62. The molecule has 0 radical (unpaired) electrons. The molecule has 3 nitrogen and oxygen atoms in total. The van der Waals surface area contributed by atoms with E-state index < -0.39 is 0 Å². The van der Waals surface area contributed by atoms with Crippen molar-refractivity contribution in [1.29, 1.82) is 0 Å². The molecule has 1 aromatic heterocycles. The van der Waals surface area contributed by atoms with Crippen LogP contribution in [0.25, 0.3) is 0 Å². The Morgan fingerprint density at radius 1 is 1.08 bits per heavy atom. The summed E-state index contributed by atoms with van der Waals surface area (Å²) in [6.45, 7) is 3.53. The van der Waals surface area contributed by atoms with E-state index in [-0.39, 0.29) is 5.82 Å². The van der Waals surface area contributed by atoms with Gasteiger partial charge in [-0.1, -0.05) is 29.8 Å². The SMILES string of the molecule is Cc1ccc(C(CCOc2ccc(F)cc2)Cn2ccnc2)cc1. The summed E-state index contributed by atoms with van der Waals surface area (Å²) in [5.74, 6) is 0.780. The molecule has 0 aliphatic carbocycles. The van der Waals surface area contributed by atoms with E-state index in [4.69, 9.17) is 4.74 Å². The summed E-state index contributed by atoms with van der Waals surface area (Å²) in [4.78, 5) is 4.12. The molecule has 1 atom stereocenters. The Morgan fingerprint density at radius 2 is 1.83 bits per heavy atom. The van der Waals surface area contributed by atoms with Crippen molar-refractivity contribution in [2.24, 2.45) is 0 Å². The molecule has 4 heteroatoms. The Labute approximate surface area is 141 Å². The zero-order valence-corrected chi connectivity index (χ0v) is 13.7. The largest absolute Gasteiger partial charge is 0.494 e. The average Bonchev–Trinajstić information content (AvgIpc) is 3.10. The second-order valence-electron chi connectivity index (χ2n) is 5.96. The fourth-order valence-corrected chi connectivity index (χ4v) is 2.70. The fourth-order valence-electron chi connectivity index (χ4n) is 2.70. The molecule has 0 N–H and O–H groups in total. The zero-order chi connectivity index (χ0) is 16.8. The lowest BCUT2D eigenvalue weighted by Gasteiger charge is -2.18. The summed E-state index contributed by atoms with van der Waals surface area (Å²) in [5, 5.41) is 0. The number of halogens is 1. The van der Waals surface area contributed by atoms with Crippen molar-refractivity contribution in [2.75, 3.05) is 6.61 Å². The van der Waals surface area contributed by atoms with Crippen LogP contribution >= 0.6 is 0 Å². The van der Waals surface area contributed by atoms with Crippen LogP contribution in [0.15, 0.2) is 67.3 Å². The van der Waals surface area contributed by atoms with Gasteiger partial charge in [-0.3, -0.25) is 0 Å². The molecule has 1 heterocycles. The van der Waals surface area contributed by atoms with Crippen LogP contribution in [0.3, 0.4) is 0 Å². The maximum atomic E-state index is 12.9. The van der Waals surface area contributed by atoms with Crippen molar-refractivity contribution in [3.8, 4) is 5.75 Å². The first-order valence-electron chi connectivity index (χ1n) is 8.11. The minimum absolute atomic E-state index is 0.250. The predicted molar refractivity (Wildman–Crippen MR) is 92.7 cm³/mol. The highest BCUT2D eigenvalue weighted by molar-refractivity contribution is 5.25. The molecule has 0 aliphatic heterocycles. The van der Waals surface area contributed by atoms with Crippen LogP contribution in [0.2, 0.25) is 0 Å².